The van der Waals surface area contributed by atoms with Crippen LogP contribution in [0, 0.1) is 29.6 Å². The zero-order valence-electron chi connectivity index (χ0n) is 16.8. The van der Waals surface area contributed by atoms with Gasteiger partial charge in [-0.25, -0.2) is 4.79 Å². The van der Waals surface area contributed by atoms with E-state index in [0.717, 1.165) is 49.0 Å². The van der Waals surface area contributed by atoms with Gasteiger partial charge < -0.3 is 15.2 Å². The second-order valence-electron chi connectivity index (χ2n) is 8.39. The Hall–Kier alpha value is -2.15. The molecule has 1 saturated carbocycles. The number of carbonyl (C=O) groups is 3. The van der Waals surface area contributed by atoms with Crippen LogP contribution in [0.25, 0.3) is 0 Å². The third kappa shape index (κ3) is 3.50. The molecule has 156 valence electrons. The molecule has 5 rings (SSSR count). The summed E-state index contributed by atoms with van der Waals surface area (Å²) < 4.78 is 5.00. The Balaban J connectivity index is 1.64. The lowest BCUT2D eigenvalue weighted by molar-refractivity contribution is -0.151. The molecule has 1 aromatic rings. The molecule has 1 heterocycles. The molecule has 5 atom stereocenters. The molecule has 0 spiro atoms. The lowest BCUT2D eigenvalue weighted by Gasteiger charge is -2.41. The second-order valence-corrected chi connectivity index (χ2v) is 9.49. The number of carbonyl (C=O) groups excluding carboxylic acids is 2. The topological polar surface area (TPSA) is 92.7 Å². The molecule has 0 aliphatic heterocycles. The fourth-order valence-electron chi connectivity index (χ4n) is 5.29. The zero-order valence-corrected chi connectivity index (χ0v) is 17.6. The van der Waals surface area contributed by atoms with Crippen molar-refractivity contribution in [1.82, 2.24) is 0 Å². The summed E-state index contributed by atoms with van der Waals surface area (Å²) in [6.45, 7) is 2.17. The highest BCUT2D eigenvalue weighted by Crippen LogP contribution is 2.46. The van der Waals surface area contributed by atoms with E-state index in [1.54, 1.807) is 0 Å². The Morgan fingerprint density at radius 2 is 1.86 bits per heavy atom. The molecule has 7 heteroatoms. The third-order valence-corrected chi connectivity index (χ3v) is 8.08. The van der Waals surface area contributed by atoms with Crippen LogP contribution in [-0.2, 0) is 27.2 Å². The van der Waals surface area contributed by atoms with Gasteiger partial charge in [0.25, 0.3) is 0 Å². The maximum absolute atomic E-state index is 13.2. The molecule has 29 heavy (non-hydrogen) atoms. The molecular formula is C22H27NO5S. The van der Waals surface area contributed by atoms with Gasteiger partial charge in [-0.1, -0.05) is 25.5 Å². The number of methoxy groups -OCH3 is 1. The Morgan fingerprint density at radius 1 is 1.17 bits per heavy atom. The van der Waals surface area contributed by atoms with Crippen LogP contribution in [0.1, 0.15) is 53.4 Å². The predicted octanol–water partition coefficient (Wildman–Crippen LogP) is 3.90. The first-order valence-electron chi connectivity index (χ1n) is 10.4. The number of hydrogen-bond acceptors (Lipinski definition) is 5. The van der Waals surface area contributed by atoms with E-state index in [-0.39, 0.29) is 17.7 Å². The molecule has 0 radical (unpaired) electrons. The molecule has 1 aromatic heterocycles. The van der Waals surface area contributed by atoms with Crippen molar-refractivity contribution in [2.75, 3.05) is 12.4 Å². The average Bonchev–Trinajstić information content (AvgIpc) is 3.09. The van der Waals surface area contributed by atoms with Gasteiger partial charge in [-0.05, 0) is 55.4 Å². The quantitative estimate of drug-likeness (QED) is 0.560. The Morgan fingerprint density at radius 3 is 2.45 bits per heavy atom. The van der Waals surface area contributed by atoms with Crippen LogP contribution in [0.3, 0.4) is 0 Å². The van der Waals surface area contributed by atoms with Gasteiger partial charge in [-0.2, -0.15) is 0 Å². The molecule has 0 saturated heterocycles. The minimum absolute atomic E-state index is 0.0678. The van der Waals surface area contributed by atoms with Crippen molar-refractivity contribution in [2.24, 2.45) is 29.6 Å². The minimum atomic E-state index is -0.923. The van der Waals surface area contributed by atoms with E-state index >= 15 is 0 Å². The number of ether oxygens (including phenoxy) is 1. The van der Waals surface area contributed by atoms with Crippen LogP contribution in [-0.4, -0.2) is 30.1 Å². The summed E-state index contributed by atoms with van der Waals surface area (Å²) in [5.74, 6) is -2.56. The molecule has 1 fully saturated rings. The van der Waals surface area contributed by atoms with Crippen molar-refractivity contribution in [2.45, 2.75) is 45.4 Å². The normalized spacial score (nSPS) is 29.9. The minimum Gasteiger partial charge on any atom is -0.481 e. The van der Waals surface area contributed by atoms with Gasteiger partial charge in [0.1, 0.15) is 5.00 Å². The molecular weight excluding hydrogens is 390 g/mol. The monoisotopic (exact) mass is 417 g/mol. The fourth-order valence-corrected chi connectivity index (χ4v) is 6.65. The van der Waals surface area contributed by atoms with Crippen LogP contribution >= 0.6 is 11.3 Å². The van der Waals surface area contributed by atoms with Crippen LogP contribution < -0.4 is 5.32 Å². The van der Waals surface area contributed by atoms with Gasteiger partial charge >= 0.3 is 11.9 Å². The van der Waals surface area contributed by atoms with Crippen LogP contribution in [0.4, 0.5) is 5.00 Å². The van der Waals surface area contributed by atoms with E-state index in [1.165, 1.54) is 18.4 Å². The summed E-state index contributed by atoms with van der Waals surface area (Å²) in [6, 6.07) is 0. The average molecular weight is 418 g/mol. The van der Waals surface area contributed by atoms with Crippen molar-refractivity contribution in [3.8, 4) is 0 Å². The highest BCUT2D eigenvalue weighted by Gasteiger charge is 2.48. The highest BCUT2D eigenvalue weighted by molar-refractivity contribution is 7.17. The number of nitrogens with one attached hydrogen (secondary N) is 1. The first-order chi connectivity index (χ1) is 13.9. The number of anilines is 1. The zero-order chi connectivity index (χ0) is 20.7. The molecule has 1 amide bonds. The van der Waals surface area contributed by atoms with Gasteiger partial charge in [0.2, 0.25) is 5.91 Å². The number of carboxylic acid groups (broad SMARTS) is 1. The van der Waals surface area contributed by atoms with Crippen molar-refractivity contribution < 1.29 is 24.2 Å². The van der Waals surface area contributed by atoms with Gasteiger partial charge in [0.05, 0.1) is 24.5 Å². The first-order valence-corrected chi connectivity index (χ1v) is 11.2. The molecule has 2 bridgehead atoms. The Labute approximate surface area is 174 Å². The Bertz CT molecular complexity index is 873. The maximum atomic E-state index is 13.2. The summed E-state index contributed by atoms with van der Waals surface area (Å²) in [6.07, 6.45) is 9.40. The summed E-state index contributed by atoms with van der Waals surface area (Å²) >= 11 is 1.45. The van der Waals surface area contributed by atoms with Crippen LogP contribution in [0.2, 0.25) is 0 Å². The van der Waals surface area contributed by atoms with E-state index in [0.29, 0.717) is 16.5 Å². The number of esters is 1. The second kappa shape index (κ2) is 7.94. The Kier molecular flexibility index (Phi) is 5.51. The predicted molar refractivity (Wildman–Crippen MR) is 110 cm³/mol. The van der Waals surface area contributed by atoms with Gasteiger partial charge in [-0.15, -0.1) is 11.3 Å². The fraction of sp³-hybridized carbons (Fsp3) is 0.591. The number of thiophene rings is 1. The molecule has 2 N–H and O–H groups in total. The van der Waals surface area contributed by atoms with E-state index in [4.69, 9.17) is 4.74 Å². The van der Waals surface area contributed by atoms with Crippen molar-refractivity contribution in [3.05, 3.63) is 28.2 Å². The van der Waals surface area contributed by atoms with Crippen molar-refractivity contribution in [1.29, 1.82) is 0 Å². The van der Waals surface area contributed by atoms with E-state index in [9.17, 15) is 19.5 Å². The smallest absolute Gasteiger partial charge is 0.341 e. The maximum Gasteiger partial charge on any atom is 0.341 e. The molecule has 4 aliphatic carbocycles. The van der Waals surface area contributed by atoms with Crippen LogP contribution in [0.5, 0.6) is 0 Å². The van der Waals surface area contributed by atoms with E-state index in [1.807, 2.05) is 12.2 Å². The number of aliphatic carboxylic acids is 1. The number of allylic oxidation sites excluding steroid dienone is 2. The van der Waals surface area contributed by atoms with E-state index < -0.39 is 23.8 Å². The lowest BCUT2D eigenvalue weighted by atomic mass is 9.62. The molecule has 4 aliphatic rings. The molecule has 0 unspecified atom stereocenters. The van der Waals surface area contributed by atoms with Gasteiger partial charge in [0, 0.05) is 4.88 Å². The van der Waals surface area contributed by atoms with Crippen LogP contribution in [0.15, 0.2) is 12.2 Å². The van der Waals surface area contributed by atoms with Crippen molar-refractivity contribution >= 4 is 34.2 Å². The van der Waals surface area contributed by atoms with Gasteiger partial charge in [0.15, 0.2) is 0 Å². The first kappa shape index (κ1) is 20.1. The van der Waals surface area contributed by atoms with Crippen molar-refractivity contribution in [3.63, 3.8) is 0 Å². The lowest BCUT2D eigenvalue weighted by Crippen LogP contribution is -2.47. The SMILES string of the molecule is CC[C@H]1CCc2c(sc(NC(=O)[C@H]3[C@@H](C(=O)O)[C@H]4C=C[C@H]3CC4)c2C(=O)OC)C1. The summed E-state index contributed by atoms with van der Waals surface area (Å²) in [4.78, 5) is 38.7. The number of amides is 1. The standard InChI is InChI=1S/C22H27NO5S/c1-3-11-4-9-14-15(10-11)29-20(18(14)22(27)28-2)23-19(24)16-12-5-7-13(8-6-12)17(16)21(25)26/h5,7,11-13,16-17H,3-4,6,8-10H2,1-2H3,(H,23,24)(H,25,26)/t11-,12-,13-,16+,17-/m0/s1. The largest absolute Gasteiger partial charge is 0.481 e. The molecule has 0 aromatic carbocycles. The summed E-state index contributed by atoms with van der Waals surface area (Å²) in [5.41, 5.74) is 1.44. The number of rotatable bonds is 5. The summed E-state index contributed by atoms with van der Waals surface area (Å²) in [5, 5.41) is 13.2. The highest BCUT2D eigenvalue weighted by atomic mass is 32.1. The van der Waals surface area contributed by atoms with E-state index in [2.05, 4.69) is 12.2 Å². The summed E-state index contributed by atoms with van der Waals surface area (Å²) in [7, 11) is 1.35. The third-order valence-electron chi connectivity index (χ3n) is 6.91. The number of carboxylic acids is 1. The number of fused-ring (bicyclic) bond motifs is 3. The number of hydrogen-bond donors (Lipinski definition) is 2. The van der Waals surface area contributed by atoms with Gasteiger partial charge in [-0.3, -0.25) is 9.59 Å². The molecule has 6 nitrogen and oxygen atoms in total.